The highest BCUT2D eigenvalue weighted by molar-refractivity contribution is 7.14. The second-order valence-electron chi connectivity index (χ2n) is 5.97. The minimum absolute atomic E-state index is 0.0651. The number of anilines is 1. The first kappa shape index (κ1) is 17.6. The lowest BCUT2D eigenvalue weighted by Crippen LogP contribution is -2.34. The van der Waals surface area contributed by atoms with Crippen molar-refractivity contribution in [1.29, 1.82) is 0 Å². The van der Waals surface area contributed by atoms with E-state index in [9.17, 15) is 9.59 Å². The molecule has 0 unspecified atom stereocenters. The van der Waals surface area contributed by atoms with Crippen LogP contribution in [0.3, 0.4) is 0 Å². The van der Waals surface area contributed by atoms with Crippen molar-refractivity contribution < 1.29 is 9.59 Å². The minimum atomic E-state index is -0.0869. The Morgan fingerprint density at radius 1 is 1.20 bits per heavy atom. The van der Waals surface area contributed by atoms with Crippen LogP contribution in [0, 0.1) is 0 Å². The molecule has 1 aliphatic rings. The predicted octanol–water partition coefficient (Wildman–Crippen LogP) is 2.15. The van der Waals surface area contributed by atoms with Crippen LogP contribution in [-0.4, -0.2) is 47.9 Å². The number of aromatic nitrogens is 1. The van der Waals surface area contributed by atoms with E-state index in [0.717, 1.165) is 31.6 Å². The summed E-state index contributed by atoms with van der Waals surface area (Å²) in [4.78, 5) is 30.7. The molecular formula is C18H22N4O2S. The molecule has 3 rings (SSSR count). The zero-order chi connectivity index (χ0) is 17.5. The van der Waals surface area contributed by atoms with Gasteiger partial charge in [-0.3, -0.25) is 9.59 Å². The fourth-order valence-corrected chi connectivity index (χ4v) is 3.43. The van der Waals surface area contributed by atoms with Crippen molar-refractivity contribution in [2.75, 3.05) is 31.5 Å². The number of hydrogen-bond donors (Lipinski definition) is 2. The molecule has 2 amide bonds. The fourth-order valence-electron chi connectivity index (χ4n) is 2.72. The van der Waals surface area contributed by atoms with Gasteiger partial charge in [0.05, 0.1) is 0 Å². The third-order valence-electron chi connectivity index (χ3n) is 4.08. The van der Waals surface area contributed by atoms with E-state index in [1.54, 1.807) is 5.38 Å². The van der Waals surface area contributed by atoms with E-state index in [-0.39, 0.29) is 11.8 Å². The summed E-state index contributed by atoms with van der Waals surface area (Å²) in [6.07, 6.45) is 2.02. The molecule has 1 aromatic carbocycles. The first-order valence-corrected chi connectivity index (χ1v) is 9.39. The van der Waals surface area contributed by atoms with Crippen LogP contribution in [-0.2, 0) is 11.2 Å². The van der Waals surface area contributed by atoms with Crippen molar-refractivity contribution in [3.8, 4) is 0 Å². The SMILES string of the molecule is O=C(CCc1ccccc1)Nc1nc(C(=O)N2CCCNCC2)cs1. The highest BCUT2D eigenvalue weighted by atomic mass is 32.1. The second kappa shape index (κ2) is 8.73. The number of amides is 2. The van der Waals surface area contributed by atoms with Gasteiger partial charge in [0, 0.05) is 31.4 Å². The Morgan fingerprint density at radius 2 is 2.04 bits per heavy atom. The standard InChI is InChI=1S/C18H22N4O2S/c23-16(8-7-14-5-2-1-3-6-14)21-18-20-15(13-25-18)17(24)22-11-4-9-19-10-12-22/h1-3,5-6,13,19H,4,7-12H2,(H,20,21,23). The number of nitrogens with zero attached hydrogens (tertiary/aromatic N) is 2. The molecule has 6 nitrogen and oxygen atoms in total. The predicted molar refractivity (Wildman–Crippen MR) is 98.9 cm³/mol. The molecule has 0 spiro atoms. The number of benzene rings is 1. The molecule has 2 aromatic rings. The van der Waals surface area contributed by atoms with Crippen LogP contribution in [0.1, 0.15) is 28.9 Å². The zero-order valence-corrected chi connectivity index (χ0v) is 14.8. The van der Waals surface area contributed by atoms with Gasteiger partial charge in [-0.15, -0.1) is 11.3 Å². The number of carbonyl (C=O) groups excluding carboxylic acids is 2. The molecule has 25 heavy (non-hydrogen) atoms. The lowest BCUT2D eigenvalue weighted by atomic mass is 10.1. The molecule has 1 saturated heterocycles. The minimum Gasteiger partial charge on any atom is -0.336 e. The number of carbonyl (C=O) groups is 2. The first-order chi connectivity index (χ1) is 12.2. The second-order valence-corrected chi connectivity index (χ2v) is 6.83. The van der Waals surface area contributed by atoms with Crippen molar-refractivity contribution in [2.45, 2.75) is 19.3 Å². The molecule has 2 N–H and O–H groups in total. The Balaban J connectivity index is 1.52. The highest BCUT2D eigenvalue weighted by Gasteiger charge is 2.20. The maximum atomic E-state index is 12.5. The topological polar surface area (TPSA) is 74.3 Å². The Morgan fingerprint density at radius 3 is 2.88 bits per heavy atom. The van der Waals surface area contributed by atoms with Crippen LogP contribution in [0.2, 0.25) is 0 Å². The van der Waals surface area contributed by atoms with Gasteiger partial charge >= 0.3 is 0 Å². The molecule has 1 aliphatic heterocycles. The summed E-state index contributed by atoms with van der Waals surface area (Å²) in [5, 5.41) is 8.26. The van der Waals surface area contributed by atoms with E-state index in [0.29, 0.717) is 30.2 Å². The van der Waals surface area contributed by atoms with E-state index in [1.807, 2.05) is 35.2 Å². The Kier molecular flexibility index (Phi) is 6.14. The van der Waals surface area contributed by atoms with E-state index in [4.69, 9.17) is 0 Å². The van der Waals surface area contributed by atoms with E-state index in [2.05, 4.69) is 15.6 Å². The number of thiazole rings is 1. The summed E-state index contributed by atoms with van der Waals surface area (Å²) in [6.45, 7) is 3.17. The first-order valence-electron chi connectivity index (χ1n) is 8.51. The van der Waals surface area contributed by atoms with Gasteiger partial charge in [-0.2, -0.15) is 0 Å². The summed E-state index contributed by atoms with van der Waals surface area (Å²) < 4.78 is 0. The molecule has 0 bridgehead atoms. The molecule has 0 saturated carbocycles. The normalized spacial score (nSPS) is 14.8. The average molecular weight is 358 g/mol. The zero-order valence-electron chi connectivity index (χ0n) is 14.0. The van der Waals surface area contributed by atoms with Crippen molar-refractivity contribution in [3.63, 3.8) is 0 Å². The Hall–Kier alpha value is -2.25. The lowest BCUT2D eigenvalue weighted by molar-refractivity contribution is -0.116. The van der Waals surface area contributed by atoms with Crippen LogP contribution < -0.4 is 10.6 Å². The molecule has 132 valence electrons. The summed E-state index contributed by atoms with van der Waals surface area (Å²) >= 11 is 1.29. The lowest BCUT2D eigenvalue weighted by Gasteiger charge is -2.18. The molecule has 2 heterocycles. The van der Waals surface area contributed by atoms with E-state index in [1.165, 1.54) is 11.3 Å². The summed E-state index contributed by atoms with van der Waals surface area (Å²) in [7, 11) is 0. The maximum Gasteiger partial charge on any atom is 0.273 e. The molecule has 1 aromatic heterocycles. The smallest absolute Gasteiger partial charge is 0.273 e. The van der Waals surface area contributed by atoms with Gasteiger partial charge in [0.1, 0.15) is 5.69 Å². The Bertz CT molecular complexity index is 709. The molecule has 7 heteroatoms. The molecule has 1 fully saturated rings. The molecule has 0 atom stereocenters. The number of rotatable bonds is 5. The number of nitrogens with one attached hydrogen (secondary N) is 2. The van der Waals surface area contributed by atoms with Crippen LogP contribution in [0.15, 0.2) is 35.7 Å². The van der Waals surface area contributed by atoms with Crippen molar-refractivity contribution in [1.82, 2.24) is 15.2 Å². The summed E-state index contributed by atoms with van der Waals surface area (Å²) in [5.41, 5.74) is 1.53. The van der Waals surface area contributed by atoms with Crippen molar-refractivity contribution in [3.05, 3.63) is 47.0 Å². The fraction of sp³-hybridized carbons (Fsp3) is 0.389. The van der Waals surface area contributed by atoms with Gasteiger partial charge < -0.3 is 15.5 Å². The van der Waals surface area contributed by atoms with Gasteiger partial charge in [-0.1, -0.05) is 30.3 Å². The molecular weight excluding hydrogens is 336 g/mol. The maximum absolute atomic E-state index is 12.5. The van der Waals surface area contributed by atoms with Gasteiger partial charge in [0.15, 0.2) is 5.13 Å². The van der Waals surface area contributed by atoms with Crippen LogP contribution in [0.25, 0.3) is 0 Å². The van der Waals surface area contributed by atoms with Gasteiger partial charge in [0.25, 0.3) is 5.91 Å². The third kappa shape index (κ3) is 5.11. The monoisotopic (exact) mass is 358 g/mol. The van der Waals surface area contributed by atoms with E-state index < -0.39 is 0 Å². The van der Waals surface area contributed by atoms with Crippen LogP contribution in [0.4, 0.5) is 5.13 Å². The summed E-state index contributed by atoms with van der Waals surface area (Å²) in [5.74, 6) is -0.152. The summed E-state index contributed by atoms with van der Waals surface area (Å²) in [6, 6.07) is 9.89. The number of aryl methyl sites for hydroxylation is 1. The quantitative estimate of drug-likeness (QED) is 0.859. The largest absolute Gasteiger partial charge is 0.336 e. The van der Waals surface area contributed by atoms with E-state index >= 15 is 0 Å². The van der Waals surface area contributed by atoms with Crippen LogP contribution in [0.5, 0.6) is 0 Å². The molecule has 0 radical (unpaired) electrons. The average Bonchev–Trinajstić information content (AvgIpc) is 2.92. The highest BCUT2D eigenvalue weighted by Crippen LogP contribution is 2.18. The van der Waals surface area contributed by atoms with Gasteiger partial charge in [0.2, 0.25) is 5.91 Å². The van der Waals surface area contributed by atoms with Gasteiger partial charge in [-0.25, -0.2) is 4.98 Å². The molecule has 0 aliphatic carbocycles. The number of hydrogen-bond acceptors (Lipinski definition) is 5. The van der Waals surface area contributed by atoms with Gasteiger partial charge in [-0.05, 0) is 24.9 Å². The Labute approximate surface area is 151 Å². The van der Waals surface area contributed by atoms with Crippen molar-refractivity contribution in [2.24, 2.45) is 0 Å². The van der Waals surface area contributed by atoms with Crippen molar-refractivity contribution >= 4 is 28.3 Å². The third-order valence-corrected chi connectivity index (χ3v) is 4.84. The van der Waals surface area contributed by atoms with Crippen LogP contribution >= 0.6 is 11.3 Å².